The summed E-state index contributed by atoms with van der Waals surface area (Å²) in [5.74, 6) is 0.504. The first-order chi connectivity index (χ1) is 3.56. The Morgan fingerprint density at radius 2 is 2.11 bits per heavy atom. The van der Waals surface area contributed by atoms with E-state index in [1.54, 1.807) is 6.08 Å². The summed E-state index contributed by atoms with van der Waals surface area (Å²) in [5, 5.41) is 0. The van der Waals surface area contributed by atoms with Gasteiger partial charge in [0.2, 0.25) is 5.69 Å². The second-order valence-corrected chi connectivity index (χ2v) is 7.17. The van der Waals surface area contributed by atoms with Crippen LogP contribution in [0.25, 0.3) is 0 Å². The van der Waals surface area contributed by atoms with E-state index in [1.165, 1.54) is 0 Å². The molecule has 0 rings (SSSR count). The van der Waals surface area contributed by atoms with Crippen LogP contribution in [0.2, 0.25) is 0 Å². The zero-order valence-corrected chi connectivity index (χ0v) is 7.18. The van der Waals surface area contributed by atoms with Crippen molar-refractivity contribution in [3.8, 4) is 0 Å². The Bertz CT molecular complexity index is 120. The molecule has 0 radical (unpaired) electrons. The first-order valence-electron chi connectivity index (χ1n) is 1.87. The highest BCUT2D eigenvalue weighted by atomic mass is 32.9. The van der Waals surface area contributed by atoms with Crippen LogP contribution in [-0.2, 0) is 11.8 Å². The molecule has 0 saturated heterocycles. The summed E-state index contributed by atoms with van der Waals surface area (Å²) in [6, 6.07) is 0. The maximum atomic E-state index is 8.55. The van der Waals surface area contributed by atoms with E-state index >= 15 is 0 Å². The van der Waals surface area contributed by atoms with Gasteiger partial charge in [0.05, 0.1) is 0 Å². The van der Waals surface area contributed by atoms with E-state index in [-0.39, 0.29) is 5.48 Å². The number of hydrogen-bond donors (Lipinski definition) is 2. The van der Waals surface area contributed by atoms with Gasteiger partial charge in [-0.2, -0.15) is 0 Å². The Hall–Kier alpha value is 0.620. The van der Waals surface area contributed by atoms with Gasteiger partial charge in [0.25, 0.3) is 0 Å². The maximum absolute atomic E-state index is 8.55. The molecule has 0 fully saturated rings. The molecule has 0 aromatic carbocycles. The van der Waals surface area contributed by atoms with E-state index < -0.39 is 5.69 Å². The molecule has 0 aromatic heterocycles. The molecule has 4 N–H and O–H groups in total. The summed E-state index contributed by atoms with van der Waals surface area (Å²) in [7, 11) is 0. The highest BCUT2D eigenvalue weighted by Gasteiger charge is 2.03. The lowest BCUT2D eigenvalue weighted by Gasteiger charge is -2.01. The Balaban J connectivity index is 0. The summed E-state index contributed by atoms with van der Waals surface area (Å²) in [4.78, 5) is 17.1. The second kappa shape index (κ2) is 5.41. The molecular formula is C3H9O3PS2. The van der Waals surface area contributed by atoms with Crippen molar-refractivity contribution in [2.24, 2.45) is 0 Å². The SMILES string of the molecule is C=CCSP(O)(O)=S.O. The number of hydrogen-bond acceptors (Lipinski definition) is 2. The molecule has 9 heavy (non-hydrogen) atoms. The summed E-state index contributed by atoms with van der Waals surface area (Å²) in [6.45, 7) is 3.39. The summed E-state index contributed by atoms with van der Waals surface area (Å²) < 4.78 is 0. The van der Waals surface area contributed by atoms with Crippen LogP contribution in [0.1, 0.15) is 0 Å². The third-order valence-electron chi connectivity index (χ3n) is 0.361. The van der Waals surface area contributed by atoms with Crippen LogP contribution < -0.4 is 0 Å². The van der Waals surface area contributed by atoms with Gasteiger partial charge >= 0.3 is 0 Å². The van der Waals surface area contributed by atoms with Gasteiger partial charge < -0.3 is 15.3 Å². The monoisotopic (exact) mass is 188 g/mol. The lowest BCUT2D eigenvalue weighted by Crippen LogP contribution is -1.70. The minimum atomic E-state index is -3.00. The van der Waals surface area contributed by atoms with Crippen molar-refractivity contribution in [3.63, 3.8) is 0 Å². The molecule has 0 unspecified atom stereocenters. The van der Waals surface area contributed by atoms with Crippen molar-refractivity contribution in [2.45, 2.75) is 0 Å². The zero-order chi connectivity index (χ0) is 6.62. The smallest absolute Gasteiger partial charge is 0.242 e. The molecule has 0 heterocycles. The van der Waals surface area contributed by atoms with Gasteiger partial charge in [0, 0.05) is 5.75 Å². The van der Waals surface area contributed by atoms with E-state index in [0.717, 1.165) is 11.4 Å². The van der Waals surface area contributed by atoms with Crippen LogP contribution in [0.3, 0.4) is 0 Å². The predicted molar refractivity (Wildman–Crippen MR) is 45.0 cm³/mol. The molecule has 0 aromatic rings. The highest BCUT2D eigenvalue weighted by molar-refractivity contribution is 8.67. The average molecular weight is 188 g/mol. The van der Waals surface area contributed by atoms with Crippen LogP contribution in [0.4, 0.5) is 0 Å². The van der Waals surface area contributed by atoms with Gasteiger partial charge in [-0.3, -0.25) is 0 Å². The van der Waals surface area contributed by atoms with Crippen molar-refractivity contribution in [2.75, 3.05) is 5.75 Å². The molecule has 0 bridgehead atoms. The lowest BCUT2D eigenvalue weighted by atomic mass is 10.8. The molecule has 56 valence electrons. The molecule has 0 aliphatic heterocycles. The normalized spacial score (nSPS) is 10.0. The number of rotatable bonds is 3. The van der Waals surface area contributed by atoms with E-state index in [2.05, 4.69) is 18.4 Å². The van der Waals surface area contributed by atoms with Gasteiger partial charge in [-0.1, -0.05) is 17.5 Å². The summed E-state index contributed by atoms with van der Waals surface area (Å²) in [5.41, 5.74) is -3.00. The summed E-state index contributed by atoms with van der Waals surface area (Å²) >= 11 is 5.24. The van der Waals surface area contributed by atoms with Gasteiger partial charge in [-0.25, -0.2) is 0 Å². The molecule has 0 amide bonds. The van der Waals surface area contributed by atoms with Gasteiger partial charge in [0.15, 0.2) is 0 Å². The molecule has 3 nitrogen and oxygen atoms in total. The minimum absolute atomic E-state index is 0. The Labute approximate surface area is 63.0 Å². The first kappa shape index (κ1) is 12.3. The largest absolute Gasteiger partial charge is 0.412 e. The fourth-order valence-electron chi connectivity index (χ4n) is 0.150. The van der Waals surface area contributed by atoms with Crippen molar-refractivity contribution < 1.29 is 15.3 Å². The quantitative estimate of drug-likeness (QED) is 0.493. The molecule has 0 saturated carbocycles. The maximum Gasteiger partial charge on any atom is 0.242 e. The van der Waals surface area contributed by atoms with Crippen LogP contribution in [-0.4, -0.2) is 21.0 Å². The molecule has 0 aliphatic rings. The van der Waals surface area contributed by atoms with E-state index in [0.29, 0.717) is 5.75 Å². The average Bonchev–Trinajstić information content (AvgIpc) is 1.59. The van der Waals surface area contributed by atoms with Crippen LogP contribution in [0, 0.1) is 0 Å². The van der Waals surface area contributed by atoms with Gasteiger partial charge in [0.1, 0.15) is 0 Å². The second-order valence-electron chi connectivity index (χ2n) is 1.08. The van der Waals surface area contributed by atoms with E-state index in [9.17, 15) is 0 Å². The topological polar surface area (TPSA) is 72.0 Å². The third-order valence-corrected chi connectivity index (χ3v) is 3.49. The predicted octanol–water partition coefficient (Wildman–Crippen LogP) is 0.290. The molecular weight excluding hydrogens is 179 g/mol. The highest BCUT2D eigenvalue weighted by Crippen LogP contribution is 2.50. The minimum Gasteiger partial charge on any atom is -0.412 e. The van der Waals surface area contributed by atoms with E-state index in [1.807, 2.05) is 0 Å². The van der Waals surface area contributed by atoms with Crippen LogP contribution in [0.15, 0.2) is 12.7 Å². The Morgan fingerprint density at radius 3 is 2.22 bits per heavy atom. The van der Waals surface area contributed by atoms with Crippen LogP contribution in [0.5, 0.6) is 0 Å². The molecule has 0 atom stereocenters. The van der Waals surface area contributed by atoms with Crippen molar-refractivity contribution in [1.82, 2.24) is 0 Å². The first-order valence-corrected chi connectivity index (χ1v) is 6.17. The van der Waals surface area contributed by atoms with E-state index in [4.69, 9.17) is 9.79 Å². The standard InChI is InChI=1S/C3H7O2PS2.H2O/c1-2-3-8-6(4,5)7;/h2H,1,3H2,(H2,4,5,7);1H2. The Kier molecular flexibility index (Phi) is 7.40. The zero-order valence-electron chi connectivity index (χ0n) is 4.65. The van der Waals surface area contributed by atoms with Crippen molar-refractivity contribution in [1.29, 1.82) is 0 Å². The van der Waals surface area contributed by atoms with Crippen molar-refractivity contribution in [3.05, 3.63) is 12.7 Å². The molecule has 0 spiro atoms. The summed E-state index contributed by atoms with van der Waals surface area (Å²) in [6.07, 6.45) is 1.58. The Morgan fingerprint density at radius 1 is 1.67 bits per heavy atom. The van der Waals surface area contributed by atoms with Crippen LogP contribution >= 0.6 is 17.1 Å². The fourth-order valence-corrected chi connectivity index (χ4v) is 1.90. The fraction of sp³-hybridized carbons (Fsp3) is 0.333. The lowest BCUT2D eigenvalue weighted by molar-refractivity contribution is 0.502. The molecule has 0 aliphatic carbocycles. The van der Waals surface area contributed by atoms with Gasteiger partial charge in [-0.05, 0) is 11.8 Å². The van der Waals surface area contributed by atoms with Gasteiger partial charge in [-0.15, -0.1) is 6.58 Å². The van der Waals surface area contributed by atoms with Crippen molar-refractivity contribution >= 4 is 28.9 Å². The molecule has 6 heteroatoms. The third kappa shape index (κ3) is 12.0.